The Kier molecular flexibility index (Phi) is 6.03. The first-order chi connectivity index (χ1) is 13.5. The number of nitro benzene ring substituents is 1. The summed E-state index contributed by atoms with van der Waals surface area (Å²) < 4.78 is 0. The van der Waals surface area contributed by atoms with Crippen LogP contribution >= 0.6 is 0 Å². The van der Waals surface area contributed by atoms with Gasteiger partial charge >= 0.3 is 0 Å². The van der Waals surface area contributed by atoms with Crippen LogP contribution in [0, 0.1) is 10.1 Å². The van der Waals surface area contributed by atoms with Crippen molar-refractivity contribution >= 4 is 23.1 Å². The minimum Gasteiger partial charge on any atom is -0.361 e. The number of ketones is 1. The first-order valence-corrected chi connectivity index (χ1v) is 9.36. The summed E-state index contributed by atoms with van der Waals surface area (Å²) in [5.74, 6) is -0.368. The predicted octanol–water partition coefficient (Wildman–Crippen LogP) is 3.59. The Morgan fingerprint density at radius 2 is 1.89 bits per heavy atom. The first-order valence-electron chi connectivity index (χ1n) is 9.36. The highest BCUT2D eigenvalue weighted by Crippen LogP contribution is 2.33. The standard InChI is InChI=1S/C21H23N3O4/c1-15(25)17-10-11-19(20(13-17)24(27)28)23-12-6-5-9-18(23)14-22-21(26)16-7-3-2-4-8-16/h2-4,7-8,10-11,13,18H,5-6,9,12,14H2,1H3,(H,22,26). The fraction of sp³-hybridized carbons (Fsp3) is 0.333. The van der Waals surface area contributed by atoms with E-state index in [1.54, 1.807) is 24.3 Å². The number of nitrogens with zero attached hydrogens (tertiary/aromatic N) is 2. The highest BCUT2D eigenvalue weighted by molar-refractivity contribution is 5.96. The third-order valence-electron chi connectivity index (χ3n) is 5.05. The first kappa shape index (κ1) is 19.5. The molecule has 1 unspecified atom stereocenters. The average Bonchev–Trinajstić information content (AvgIpc) is 2.72. The van der Waals surface area contributed by atoms with Gasteiger partial charge in [-0.2, -0.15) is 0 Å². The lowest BCUT2D eigenvalue weighted by atomic mass is 9.99. The van der Waals surface area contributed by atoms with Gasteiger partial charge in [0, 0.05) is 36.3 Å². The molecule has 1 fully saturated rings. The van der Waals surface area contributed by atoms with Gasteiger partial charge in [-0.3, -0.25) is 19.7 Å². The van der Waals surface area contributed by atoms with Crippen LogP contribution in [0.25, 0.3) is 0 Å². The van der Waals surface area contributed by atoms with Crippen LogP contribution in [0.15, 0.2) is 48.5 Å². The Labute approximate surface area is 163 Å². The molecule has 1 aliphatic heterocycles. The van der Waals surface area contributed by atoms with E-state index < -0.39 is 4.92 Å². The van der Waals surface area contributed by atoms with Crippen molar-refractivity contribution in [3.63, 3.8) is 0 Å². The van der Waals surface area contributed by atoms with Gasteiger partial charge < -0.3 is 10.2 Å². The number of hydrogen-bond donors (Lipinski definition) is 1. The molecular formula is C21H23N3O4. The molecule has 1 atom stereocenters. The zero-order chi connectivity index (χ0) is 20.1. The van der Waals surface area contributed by atoms with Crippen molar-refractivity contribution in [2.75, 3.05) is 18.0 Å². The fourth-order valence-electron chi connectivity index (χ4n) is 3.56. The second-order valence-corrected chi connectivity index (χ2v) is 6.94. The summed E-state index contributed by atoms with van der Waals surface area (Å²) in [5.41, 5.74) is 1.32. The van der Waals surface area contributed by atoms with Crippen molar-refractivity contribution in [3.8, 4) is 0 Å². The molecule has 7 nitrogen and oxygen atoms in total. The Hall–Kier alpha value is -3.22. The van der Waals surface area contributed by atoms with E-state index in [-0.39, 0.29) is 23.4 Å². The maximum Gasteiger partial charge on any atom is 0.293 e. The Morgan fingerprint density at radius 1 is 1.14 bits per heavy atom. The number of rotatable bonds is 6. The third kappa shape index (κ3) is 4.36. The minimum absolute atomic E-state index is 0.0386. The normalized spacial score (nSPS) is 16.5. The molecule has 1 amide bonds. The summed E-state index contributed by atoms with van der Waals surface area (Å²) >= 11 is 0. The fourth-order valence-corrected chi connectivity index (χ4v) is 3.56. The summed E-state index contributed by atoms with van der Waals surface area (Å²) in [4.78, 5) is 37.1. The highest BCUT2D eigenvalue weighted by atomic mass is 16.6. The van der Waals surface area contributed by atoms with E-state index in [2.05, 4.69) is 5.32 Å². The van der Waals surface area contributed by atoms with Crippen molar-refractivity contribution in [2.24, 2.45) is 0 Å². The van der Waals surface area contributed by atoms with Crippen LogP contribution in [-0.4, -0.2) is 35.7 Å². The molecule has 0 saturated carbocycles. The molecule has 1 aliphatic rings. The molecule has 0 aliphatic carbocycles. The minimum atomic E-state index is -0.448. The number of Topliss-reactive ketones (excluding diaryl/α,β-unsaturated/α-hetero) is 1. The monoisotopic (exact) mass is 381 g/mol. The van der Waals surface area contributed by atoms with Gasteiger partial charge in [0.2, 0.25) is 0 Å². The maximum atomic E-state index is 12.3. The molecule has 1 saturated heterocycles. The van der Waals surface area contributed by atoms with Gasteiger partial charge in [-0.25, -0.2) is 0 Å². The third-order valence-corrected chi connectivity index (χ3v) is 5.05. The zero-order valence-corrected chi connectivity index (χ0v) is 15.8. The summed E-state index contributed by atoms with van der Waals surface area (Å²) in [7, 11) is 0. The summed E-state index contributed by atoms with van der Waals surface area (Å²) in [5, 5.41) is 14.5. The predicted molar refractivity (Wildman–Crippen MR) is 107 cm³/mol. The number of anilines is 1. The van der Waals surface area contributed by atoms with Gasteiger partial charge in [0.25, 0.3) is 11.6 Å². The van der Waals surface area contributed by atoms with Crippen LogP contribution in [0.4, 0.5) is 11.4 Å². The number of nitrogens with one attached hydrogen (secondary N) is 1. The second-order valence-electron chi connectivity index (χ2n) is 6.94. The zero-order valence-electron chi connectivity index (χ0n) is 15.8. The molecule has 0 radical (unpaired) electrons. The lowest BCUT2D eigenvalue weighted by Crippen LogP contribution is -2.47. The number of carbonyl (C=O) groups is 2. The highest BCUT2D eigenvalue weighted by Gasteiger charge is 2.29. The molecular weight excluding hydrogens is 358 g/mol. The molecule has 1 N–H and O–H groups in total. The SMILES string of the molecule is CC(=O)c1ccc(N2CCCCC2CNC(=O)c2ccccc2)c([N+](=O)[O-])c1. The van der Waals surface area contributed by atoms with Crippen molar-refractivity contribution < 1.29 is 14.5 Å². The summed E-state index contributed by atoms with van der Waals surface area (Å²) in [6.07, 6.45) is 2.76. The molecule has 0 aromatic heterocycles. The van der Waals surface area contributed by atoms with E-state index in [9.17, 15) is 19.7 Å². The van der Waals surface area contributed by atoms with Gasteiger partial charge in [-0.1, -0.05) is 18.2 Å². The van der Waals surface area contributed by atoms with E-state index in [1.165, 1.54) is 13.0 Å². The summed E-state index contributed by atoms with van der Waals surface area (Å²) in [6.45, 7) is 2.47. The van der Waals surface area contributed by atoms with Crippen LogP contribution < -0.4 is 10.2 Å². The molecule has 0 spiro atoms. The Morgan fingerprint density at radius 3 is 2.57 bits per heavy atom. The molecule has 0 bridgehead atoms. The lowest BCUT2D eigenvalue weighted by molar-refractivity contribution is -0.384. The van der Waals surface area contributed by atoms with E-state index in [1.807, 2.05) is 23.1 Å². The average molecular weight is 381 g/mol. The maximum absolute atomic E-state index is 12.3. The molecule has 1 heterocycles. The number of nitro groups is 1. The Bertz CT molecular complexity index is 882. The molecule has 3 rings (SSSR count). The van der Waals surface area contributed by atoms with Crippen molar-refractivity contribution in [1.29, 1.82) is 0 Å². The molecule has 146 valence electrons. The Balaban J connectivity index is 1.80. The van der Waals surface area contributed by atoms with E-state index >= 15 is 0 Å². The number of carbonyl (C=O) groups excluding carboxylic acids is 2. The quantitative estimate of drug-likeness (QED) is 0.469. The molecule has 2 aromatic carbocycles. The largest absolute Gasteiger partial charge is 0.361 e. The van der Waals surface area contributed by atoms with E-state index in [4.69, 9.17) is 0 Å². The van der Waals surface area contributed by atoms with Crippen molar-refractivity contribution in [2.45, 2.75) is 32.2 Å². The van der Waals surface area contributed by atoms with Crippen LogP contribution in [0.2, 0.25) is 0 Å². The molecule has 7 heteroatoms. The van der Waals surface area contributed by atoms with Crippen LogP contribution in [-0.2, 0) is 0 Å². The van der Waals surface area contributed by atoms with E-state index in [0.29, 0.717) is 29.9 Å². The molecule has 2 aromatic rings. The lowest BCUT2D eigenvalue weighted by Gasteiger charge is -2.37. The number of amides is 1. The van der Waals surface area contributed by atoms with Crippen LogP contribution in [0.5, 0.6) is 0 Å². The van der Waals surface area contributed by atoms with Gasteiger partial charge in [-0.15, -0.1) is 0 Å². The van der Waals surface area contributed by atoms with Gasteiger partial charge in [0.1, 0.15) is 5.69 Å². The van der Waals surface area contributed by atoms with Crippen LogP contribution in [0.3, 0.4) is 0 Å². The number of piperidine rings is 1. The topological polar surface area (TPSA) is 92.6 Å². The smallest absolute Gasteiger partial charge is 0.293 e. The van der Waals surface area contributed by atoms with Gasteiger partial charge in [0.15, 0.2) is 5.78 Å². The van der Waals surface area contributed by atoms with Crippen LogP contribution in [0.1, 0.15) is 46.9 Å². The van der Waals surface area contributed by atoms with E-state index in [0.717, 1.165) is 19.3 Å². The van der Waals surface area contributed by atoms with Crippen molar-refractivity contribution in [1.82, 2.24) is 5.32 Å². The van der Waals surface area contributed by atoms with Gasteiger partial charge in [0.05, 0.1) is 4.92 Å². The second kappa shape index (κ2) is 8.65. The summed E-state index contributed by atoms with van der Waals surface area (Å²) in [6, 6.07) is 13.5. The van der Waals surface area contributed by atoms with Gasteiger partial charge in [-0.05, 0) is 50.5 Å². The number of benzene rings is 2. The number of hydrogen-bond acceptors (Lipinski definition) is 5. The molecule has 28 heavy (non-hydrogen) atoms. The van der Waals surface area contributed by atoms with Crippen molar-refractivity contribution in [3.05, 3.63) is 69.8 Å².